The van der Waals surface area contributed by atoms with E-state index in [9.17, 15) is 0 Å². The Hall–Kier alpha value is -0.870. The molecule has 0 aliphatic carbocycles. The monoisotopic (exact) mass is 199 g/mol. The molecule has 2 aromatic rings. The number of nitrogens with two attached hydrogens (primary N) is 1. The summed E-state index contributed by atoms with van der Waals surface area (Å²) in [6, 6.07) is 1.91. The van der Waals surface area contributed by atoms with Crippen molar-refractivity contribution in [3.05, 3.63) is 17.3 Å². The summed E-state index contributed by atoms with van der Waals surface area (Å²) in [5.41, 5.74) is 5.67. The minimum absolute atomic E-state index is 0.304. The van der Waals surface area contributed by atoms with Crippen molar-refractivity contribution in [2.45, 2.75) is 5.88 Å². The minimum atomic E-state index is 0.304. The number of nitrogen functional groups attached to an aromatic ring is 1. The summed E-state index contributed by atoms with van der Waals surface area (Å²) < 4.78 is 0. The molecule has 2 rings (SSSR count). The molecule has 2 aromatic heterocycles. The van der Waals surface area contributed by atoms with E-state index in [1.54, 1.807) is 11.3 Å². The van der Waals surface area contributed by atoms with Gasteiger partial charge in [0, 0.05) is 0 Å². The first-order chi connectivity index (χ1) is 5.81. The summed E-state index contributed by atoms with van der Waals surface area (Å²) in [5, 5.41) is 2.85. The lowest BCUT2D eigenvalue weighted by Crippen LogP contribution is -1.97. The number of halogens is 1. The highest BCUT2D eigenvalue weighted by Crippen LogP contribution is 2.22. The van der Waals surface area contributed by atoms with Crippen molar-refractivity contribution in [1.29, 1.82) is 0 Å². The minimum Gasteiger partial charge on any atom is -0.383 e. The van der Waals surface area contributed by atoms with Gasteiger partial charge < -0.3 is 5.73 Å². The zero-order chi connectivity index (χ0) is 8.55. The summed E-state index contributed by atoms with van der Waals surface area (Å²) in [5.74, 6) is 1.40. The molecule has 0 aliphatic rings. The van der Waals surface area contributed by atoms with E-state index in [2.05, 4.69) is 9.97 Å². The van der Waals surface area contributed by atoms with Crippen LogP contribution in [-0.2, 0) is 5.88 Å². The lowest BCUT2D eigenvalue weighted by atomic mass is 10.4. The molecular weight excluding hydrogens is 194 g/mol. The number of hydrogen-bond acceptors (Lipinski definition) is 4. The lowest BCUT2D eigenvalue weighted by molar-refractivity contribution is 1.08. The van der Waals surface area contributed by atoms with Gasteiger partial charge in [-0.3, -0.25) is 0 Å². The number of alkyl halides is 1. The second-order valence-electron chi connectivity index (χ2n) is 2.30. The Kier molecular flexibility index (Phi) is 1.86. The van der Waals surface area contributed by atoms with Crippen LogP contribution in [0.3, 0.4) is 0 Å². The number of nitrogens with zero attached hydrogens (tertiary/aromatic N) is 2. The first-order valence-corrected chi connectivity index (χ1v) is 4.78. The van der Waals surface area contributed by atoms with Crippen molar-refractivity contribution in [2.24, 2.45) is 0 Å². The largest absolute Gasteiger partial charge is 0.383 e. The average molecular weight is 200 g/mol. The number of thiophene rings is 1. The number of aromatic nitrogens is 2. The maximum atomic E-state index is 5.67. The van der Waals surface area contributed by atoms with E-state index in [4.69, 9.17) is 17.3 Å². The molecule has 2 N–H and O–H groups in total. The molecular formula is C7H6ClN3S. The fourth-order valence-electron chi connectivity index (χ4n) is 0.984. The first kappa shape index (κ1) is 7.76. The van der Waals surface area contributed by atoms with Gasteiger partial charge in [0.2, 0.25) is 0 Å². The van der Waals surface area contributed by atoms with Gasteiger partial charge in [-0.15, -0.1) is 22.9 Å². The third kappa shape index (κ3) is 1.13. The fraction of sp³-hybridized carbons (Fsp3) is 0.143. The van der Waals surface area contributed by atoms with Crippen molar-refractivity contribution < 1.29 is 0 Å². The van der Waals surface area contributed by atoms with Crippen LogP contribution in [0.15, 0.2) is 11.4 Å². The van der Waals surface area contributed by atoms with Crippen molar-refractivity contribution in [3.8, 4) is 0 Å². The molecule has 0 aromatic carbocycles. The van der Waals surface area contributed by atoms with Gasteiger partial charge in [-0.1, -0.05) is 0 Å². The molecule has 0 fully saturated rings. The predicted molar refractivity (Wildman–Crippen MR) is 51.4 cm³/mol. The second kappa shape index (κ2) is 2.88. The Balaban J connectivity index is 2.75. The van der Waals surface area contributed by atoms with Gasteiger partial charge in [-0.2, -0.15) is 0 Å². The van der Waals surface area contributed by atoms with E-state index in [1.807, 2.05) is 11.4 Å². The molecule has 0 saturated heterocycles. The van der Waals surface area contributed by atoms with Crippen LogP contribution in [0, 0.1) is 0 Å². The SMILES string of the molecule is Nc1nc(CCl)nc2sccc12. The zero-order valence-corrected chi connectivity index (χ0v) is 7.69. The van der Waals surface area contributed by atoms with Gasteiger partial charge in [-0.25, -0.2) is 9.97 Å². The number of fused-ring (bicyclic) bond motifs is 1. The first-order valence-electron chi connectivity index (χ1n) is 3.37. The van der Waals surface area contributed by atoms with Crippen LogP contribution in [0.4, 0.5) is 5.82 Å². The smallest absolute Gasteiger partial charge is 0.147 e. The Morgan fingerprint density at radius 2 is 2.33 bits per heavy atom. The van der Waals surface area contributed by atoms with Gasteiger partial charge in [0.15, 0.2) is 0 Å². The summed E-state index contributed by atoms with van der Waals surface area (Å²) in [6.07, 6.45) is 0. The molecule has 5 heteroatoms. The van der Waals surface area contributed by atoms with E-state index >= 15 is 0 Å². The third-order valence-electron chi connectivity index (χ3n) is 1.52. The maximum Gasteiger partial charge on any atom is 0.147 e. The van der Waals surface area contributed by atoms with E-state index in [-0.39, 0.29) is 0 Å². The summed E-state index contributed by atoms with van der Waals surface area (Å²) in [4.78, 5) is 9.14. The zero-order valence-electron chi connectivity index (χ0n) is 6.12. The van der Waals surface area contributed by atoms with E-state index in [1.165, 1.54) is 0 Å². The Morgan fingerprint density at radius 3 is 3.08 bits per heavy atom. The van der Waals surface area contributed by atoms with Crippen LogP contribution < -0.4 is 5.73 Å². The van der Waals surface area contributed by atoms with Crippen molar-refractivity contribution >= 4 is 39.0 Å². The van der Waals surface area contributed by atoms with E-state index < -0.39 is 0 Å². The molecule has 0 spiro atoms. The molecule has 0 atom stereocenters. The molecule has 12 heavy (non-hydrogen) atoms. The lowest BCUT2D eigenvalue weighted by Gasteiger charge is -1.97. The van der Waals surface area contributed by atoms with Gasteiger partial charge in [0.25, 0.3) is 0 Å². The molecule has 3 nitrogen and oxygen atoms in total. The van der Waals surface area contributed by atoms with Crippen LogP contribution in [0.2, 0.25) is 0 Å². The van der Waals surface area contributed by atoms with Crippen LogP contribution in [0.25, 0.3) is 10.2 Å². The van der Waals surface area contributed by atoms with Crippen molar-refractivity contribution in [2.75, 3.05) is 5.73 Å². The highest BCUT2D eigenvalue weighted by atomic mass is 35.5. The molecule has 62 valence electrons. The molecule has 0 amide bonds. The topological polar surface area (TPSA) is 51.8 Å². The van der Waals surface area contributed by atoms with Gasteiger partial charge >= 0.3 is 0 Å². The quantitative estimate of drug-likeness (QED) is 0.715. The fourth-order valence-corrected chi connectivity index (χ4v) is 1.89. The van der Waals surface area contributed by atoms with E-state index in [0.29, 0.717) is 17.5 Å². The molecule has 0 radical (unpaired) electrons. The highest BCUT2D eigenvalue weighted by Gasteiger charge is 2.04. The van der Waals surface area contributed by atoms with E-state index in [0.717, 1.165) is 10.2 Å². The highest BCUT2D eigenvalue weighted by molar-refractivity contribution is 7.16. The standard InChI is InChI=1S/C7H6ClN3S/c8-3-5-10-6(9)4-1-2-12-7(4)11-5/h1-2H,3H2,(H2,9,10,11). The normalized spacial score (nSPS) is 10.8. The van der Waals surface area contributed by atoms with Crippen LogP contribution in [-0.4, -0.2) is 9.97 Å². The molecule has 2 heterocycles. The Bertz CT molecular complexity index is 412. The molecule has 0 saturated carbocycles. The van der Waals surface area contributed by atoms with Gasteiger partial charge in [0.1, 0.15) is 16.5 Å². The van der Waals surface area contributed by atoms with Crippen LogP contribution in [0.1, 0.15) is 5.82 Å². The average Bonchev–Trinajstić information content (AvgIpc) is 2.52. The second-order valence-corrected chi connectivity index (χ2v) is 3.46. The van der Waals surface area contributed by atoms with Crippen LogP contribution >= 0.6 is 22.9 Å². The number of rotatable bonds is 1. The summed E-state index contributed by atoms with van der Waals surface area (Å²) in [7, 11) is 0. The number of anilines is 1. The van der Waals surface area contributed by atoms with Gasteiger partial charge in [-0.05, 0) is 11.4 Å². The Labute approximate surface area is 78.2 Å². The molecule has 0 aliphatic heterocycles. The summed E-state index contributed by atoms with van der Waals surface area (Å²) >= 11 is 7.13. The molecule has 0 bridgehead atoms. The number of hydrogen-bond donors (Lipinski definition) is 1. The predicted octanol–water partition coefficient (Wildman–Crippen LogP) is 2.01. The maximum absolute atomic E-state index is 5.67. The Morgan fingerprint density at radius 1 is 1.50 bits per heavy atom. The van der Waals surface area contributed by atoms with Gasteiger partial charge in [0.05, 0.1) is 11.3 Å². The van der Waals surface area contributed by atoms with Crippen molar-refractivity contribution in [3.63, 3.8) is 0 Å². The third-order valence-corrected chi connectivity index (χ3v) is 2.57. The summed E-state index contributed by atoms with van der Waals surface area (Å²) in [6.45, 7) is 0. The van der Waals surface area contributed by atoms with Crippen molar-refractivity contribution in [1.82, 2.24) is 9.97 Å². The molecule has 0 unspecified atom stereocenters. The van der Waals surface area contributed by atoms with Crippen LogP contribution in [0.5, 0.6) is 0 Å².